The zero-order chi connectivity index (χ0) is 15.0. The topological polar surface area (TPSA) is 87.4 Å². The first kappa shape index (κ1) is 13.5. The van der Waals surface area contributed by atoms with Crippen molar-refractivity contribution < 1.29 is 9.90 Å². The Morgan fingerprint density at radius 1 is 1.43 bits per heavy atom. The van der Waals surface area contributed by atoms with Crippen LogP contribution in [0.4, 0.5) is 11.4 Å². The molecule has 0 aromatic heterocycles. The number of carbonyl (C=O) groups is 1. The number of rotatable bonds is 2. The number of phenolic OH excluding ortho intramolecular Hbond substituents is 1. The Morgan fingerprint density at radius 2 is 2.24 bits per heavy atom. The molecular weight excluding hydrogens is 266 g/mol. The van der Waals surface area contributed by atoms with Crippen LogP contribution in [-0.2, 0) is 4.79 Å². The van der Waals surface area contributed by atoms with Gasteiger partial charge in [0.15, 0.2) is 0 Å². The van der Waals surface area contributed by atoms with E-state index in [1.165, 1.54) is 0 Å². The van der Waals surface area contributed by atoms with Crippen molar-refractivity contribution in [2.75, 3.05) is 10.6 Å². The normalized spacial score (nSPS) is 19.9. The van der Waals surface area contributed by atoms with Crippen molar-refractivity contribution in [1.82, 2.24) is 0 Å². The number of hydrogen-bond acceptors (Lipinski definition) is 4. The molecule has 0 saturated carbocycles. The smallest absolute Gasteiger partial charge is 0.241 e. The lowest BCUT2D eigenvalue weighted by Gasteiger charge is -2.28. The van der Waals surface area contributed by atoms with Crippen LogP contribution in [0.3, 0.4) is 0 Å². The SMILES string of the molecule is C[C@H](N)C(=O)Nc1c(O)ccc2c1C=C1C=CC=CC1N2. The summed E-state index contributed by atoms with van der Waals surface area (Å²) in [5, 5.41) is 16.1. The van der Waals surface area contributed by atoms with Crippen LogP contribution in [0.15, 0.2) is 42.0 Å². The molecule has 108 valence electrons. The lowest BCUT2D eigenvalue weighted by atomic mass is 9.93. The number of nitrogens with one attached hydrogen (secondary N) is 2. The molecule has 1 aliphatic carbocycles. The van der Waals surface area contributed by atoms with Crippen molar-refractivity contribution in [1.29, 1.82) is 0 Å². The van der Waals surface area contributed by atoms with E-state index in [1.807, 2.05) is 24.3 Å². The molecule has 2 aliphatic rings. The zero-order valence-corrected chi connectivity index (χ0v) is 11.6. The highest BCUT2D eigenvalue weighted by atomic mass is 16.3. The van der Waals surface area contributed by atoms with E-state index in [0.29, 0.717) is 5.69 Å². The van der Waals surface area contributed by atoms with Crippen LogP contribution >= 0.6 is 0 Å². The highest BCUT2D eigenvalue weighted by Crippen LogP contribution is 2.39. The summed E-state index contributed by atoms with van der Waals surface area (Å²) in [7, 11) is 0. The maximum atomic E-state index is 11.8. The highest BCUT2D eigenvalue weighted by molar-refractivity contribution is 6.00. The van der Waals surface area contributed by atoms with Gasteiger partial charge in [0.05, 0.1) is 17.8 Å². The van der Waals surface area contributed by atoms with Crippen molar-refractivity contribution in [3.63, 3.8) is 0 Å². The van der Waals surface area contributed by atoms with Crippen LogP contribution in [0, 0.1) is 0 Å². The van der Waals surface area contributed by atoms with Gasteiger partial charge in [-0.2, -0.15) is 0 Å². The van der Waals surface area contributed by atoms with Gasteiger partial charge in [0.1, 0.15) is 5.75 Å². The molecule has 0 spiro atoms. The highest BCUT2D eigenvalue weighted by Gasteiger charge is 2.23. The van der Waals surface area contributed by atoms with Crippen molar-refractivity contribution in [3.05, 3.63) is 47.6 Å². The summed E-state index contributed by atoms with van der Waals surface area (Å²) in [5.41, 5.74) is 8.65. The molecule has 5 N–H and O–H groups in total. The standard InChI is InChI=1S/C16H17N3O2/c1-9(17)16(21)19-15-11-8-10-4-2-3-5-12(10)18-13(11)6-7-14(15)20/h2-9,12,18,20H,17H2,1H3,(H,19,21)/t9-,12?/m0/s1. The average molecular weight is 283 g/mol. The minimum Gasteiger partial charge on any atom is -0.506 e. The predicted molar refractivity (Wildman–Crippen MR) is 84.1 cm³/mol. The molecular formula is C16H17N3O2. The summed E-state index contributed by atoms with van der Waals surface area (Å²) in [5.74, 6) is -0.312. The molecule has 3 rings (SSSR count). The predicted octanol–water partition coefficient (Wildman–Crippen LogP) is 1.98. The second-order valence-electron chi connectivity index (χ2n) is 5.21. The van der Waals surface area contributed by atoms with E-state index < -0.39 is 6.04 Å². The Labute approximate surface area is 122 Å². The maximum Gasteiger partial charge on any atom is 0.241 e. The summed E-state index contributed by atoms with van der Waals surface area (Å²) in [4.78, 5) is 11.8. The average Bonchev–Trinajstić information content (AvgIpc) is 2.48. The first-order valence-corrected chi connectivity index (χ1v) is 6.81. The number of aromatic hydroxyl groups is 1. The molecule has 1 aromatic rings. The first-order chi connectivity index (χ1) is 10.1. The largest absolute Gasteiger partial charge is 0.506 e. The Balaban J connectivity index is 2.05. The van der Waals surface area contributed by atoms with E-state index >= 15 is 0 Å². The number of nitrogens with two attached hydrogens (primary N) is 1. The van der Waals surface area contributed by atoms with Gasteiger partial charge in [0.25, 0.3) is 0 Å². The minimum atomic E-state index is -0.644. The number of hydrogen-bond donors (Lipinski definition) is 4. The van der Waals surface area contributed by atoms with Crippen molar-refractivity contribution >= 4 is 23.4 Å². The van der Waals surface area contributed by atoms with Crippen molar-refractivity contribution in [2.45, 2.75) is 19.0 Å². The Morgan fingerprint density at radius 3 is 3.00 bits per heavy atom. The fraction of sp³-hybridized carbons (Fsp3) is 0.188. The van der Waals surface area contributed by atoms with E-state index in [2.05, 4.69) is 16.7 Å². The molecule has 2 atom stereocenters. The number of fused-ring (bicyclic) bond motifs is 2. The fourth-order valence-corrected chi connectivity index (χ4v) is 2.41. The number of carbonyl (C=O) groups excluding carboxylic acids is 1. The van der Waals surface area contributed by atoms with Crippen molar-refractivity contribution in [2.24, 2.45) is 5.73 Å². The van der Waals surface area contributed by atoms with Crippen LogP contribution < -0.4 is 16.4 Å². The van der Waals surface area contributed by atoms with Crippen molar-refractivity contribution in [3.8, 4) is 5.75 Å². The third kappa shape index (κ3) is 2.43. The molecule has 1 heterocycles. The molecule has 0 bridgehead atoms. The third-order valence-electron chi connectivity index (χ3n) is 3.57. The summed E-state index contributed by atoms with van der Waals surface area (Å²) in [6.45, 7) is 1.60. The van der Waals surface area contributed by atoms with E-state index in [0.717, 1.165) is 16.8 Å². The second kappa shape index (κ2) is 5.10. The molecule has 1 aliphatic heterocycles. The number of allylic oxidation sites excluding steroid dienone is 2. The molecule has 1 amide bonds. The molecule has 0 fully saturated rings. The van der Waals surface area contributed by atoms with Gasteiger partial charge in [-0.15, -0.1) is 0 Å². The van der Waals surface area contributed by atoms with Crippen LogP contribution in [0.5, 0.6) is 5.75 Å². The Kier molecular flexibility index (Phi) is 3.27. The molecule has 1 unspecified atom stereocenters. The van der Waals surface area contributed by atoms with Crippen LogP contribution in [0.25, 0.3) is 6.08 Å². The van der Waals surface area contributed by atoms with Gasteiger partial charge in [0.2, 0.25) is 5.91 Å². The van der Waals surface area contributed by atoms with Gasteiger partial charge in [0, 0.05) is 11.3 Å². The molecule has 5 heteroatoms. The summed E-state index contributed by atoms with van der Waals surface area (Å²) in [6.07, 6.45) is 9.97. The number of amides is 1. The lowest BCUT2D eigenvalue weighted by molar-refractivity contribution is -0.117. The maximum absolute atomic E-state index is 11.8. The van der Waals surface area contributed by atoms with Gasteiger partial charge in [-0.25, -0.2) is 0 Å². The summed E-state index contributed by atoms with van der Waals surface area (Å²) < 4.78 is 0. The lowest BCUT2D eigenvalue weighted by Crippen LogP contribution is -2.33. The van der Waals surface area contributed by atoms with E-state index in [-0.39, 0.29) is 17.7 Å². The molecule has 0 radical (unpaired) electrons. The van der Waals surface area contributed by atoms with Gasteiger partial charge >= 0.3 is 0 Å². The molecule has 21 heavy (non-hydrogen) atoms. The van der Waals surface area contributed by atoms with E-state index in [9.17, 15) is 9.90 Å². The van der Waals surface area contributed by atoms with Gasteiger partial charge in [-0.3, -0.25) is 4.79 Å². The molecule has 0 saturated heterocycles. The van der Waals surface area contributed by atoms with Crippen LogP contribution in [0.1, 0.15) is 12.5 Å². The fourth-order valence-electron chi connectivity index (χ4n) is 2.41. The number of benzene rings is 1. The van der Waals surface area contributed by atoms with Crippen LogP contribution in [-0.4, -0.2) is 23.1 Å². The van der Waals surface area contributed by atoms with Crippen LogP contribution in [0.2, 0.25) is 0 Å². The zero-order valence-electron chi connectivity index (χ0n) is 11.6. The minimum absolute atomic E-state index is 0.0233. The molecule has 1 aromatic carbocycles. The van der Waals surface area contributed by atoms with Gasteiger partial charge in [-0.1, -0.05) is 24.3 Å². The second-order valence-corrected chi connectivity index (χ2v) is 5.21. The molecule has 5 nitrogen and oxygen atoms in total. The number of anilines is 2. The monoisotopic (exact) mass is 283 g/mol. The van der Waals surface area contributed by atoms with E-state index in [1.54, 1.807) is 19.1 Å². The summed E-state index contributed by atoms with van der Waals surface area (Å²) >= 11 is 0. The Bertz CT molecular complexity index is 687. The first-order valence-electron chi connectivity index (χ1n) is 6.81. The summed E-state index contributed by atoms with van der Waals surface area (Å²) in [6, 6.07) is 2.83. The Hall–Kier alpha value is -2.53. The third-order valence-corrected chi connectivity index (χ3v) is 3.57. The van der Waals surface area contributed by atoms with Gasteiger partial charge in [-0.05, 0) is 30.7 Å². The quantitative estimate of drug-likeness (QED) is 0.494. The van der Waals surface area contributed by atoms with Gasteiger partial charge < -0.3 is 21.5 Å². The van der Waals surface area contributed by atoms with E-state index in [4.69, 9.17) is 5.73 Å². The number of phenols is 1.